The molecule has 1 amide bonds. The van der Waals surface area contributed by atoms with Gasteiger partial charge in [0.25, 0.3) is 11.5 Å². The number of amides is 1. The predicted octanol–water partition coefficient (Wildman–Crippen LogP) is 1.24. The summed E-state index contributed by atoms with van der Waals surface area (Å²) in [7, 11) is -3.54. The van der Waals surface area contributed by atoms with Crippen LogP contribution in [0.4, 0.5) is 0 Å². The summed E-state index contributed by atoms with van der Waals surface area (Å²) in [6, 6.07) is 6.61. The van der Waals surface area contributed by atoms with E-state index >= 15 is 0 Å². The molecule has 4 rings (SSSR count). The lowest BCUT2D eigenvalue weighted by Gasteiger charge is -2.31. The number of nitrogens with one attached hydrogen (secondary N) is 1. The molecule has 1 fully saturated rings. The molecular weight excluding hydrogens is 412 g/mol. The van der Waals surface area contributed by atoms with Crippen molar-refractivity contribution in [3.63, 3.8) is 0 Å². The first-order valence-corrected chi connectivity index (χ1v) is 11.9. The molecule has 0 saturated carbocycles. The molecule has 0 atom stereocenters. The lowest BCUT2D eigenvalue weighted by molar-refractivity contribution is 0.0921. The number of piperidine rings is 1. The third kappa shape index (κ3) is 3.96. The SMILES string of the molecule is Cc1ccc(S(=O)(=O)N2CCC(NC(=O)c3cnc4n(c3=O)CCS4)CC2)cc1. The maximum absolute atomic E-state index is 12.8. The van der Waals surface area contributed by atoms with Gasteiger partial charge in [-0.25, -0.2) is 13.4 Å². The van der Waals surface area contributed by atoms with Gasteiger partial charge in [0.2, 0.25) is 10.0 Å². The van der Waals surface area contributed by atoms with Crippen LogP contribution in [-0.4, -0.2) is 53.1 Å². The Hall–Kier alpha value is -2.17. The second-order valence-electron chi connectivity index (χ2n) is 7.22. The smallest absolute Gasteiger partial charge is 0.267 e. The summed E-state index contributed by atoms with van der Waals surface area (Å²) in [6.07, 6.45) is 2.32. The summed E-state index contributed by atoms with van der Waals surface area (Å²) in [5.41, 5.74) is 0.712. The van der Waals surface area contributed by atoms with Crippen molar-refractivity contribution >= 4 is 27.7 Å². The summed E-state index contributed by atoms with van der Waals surface area (Å²) in [5, 5.41) is 3.51. The quantitative estimate of drug-likeness (QED) is 0.727. The summed E-state index contributed by atoms with van der Waals surface area (Å²) in [6.45, 7) is 3.10. The number of hydrogen-bond donors (Lipinski definition) is 1. The van der Waals surface area contributed by atoms with Crippen LogP contribution in [0.15, 0.2) is 45.3 Å². The monoisotopic (exact) mass is 434 g/mol. The molecule has 2 aliphatic heterocycles. The topological polar surface area (TPSA) is 101 Å². The Morgan fingerprint density at radius 3 is 2.55 bits per heavy atom. The van der Waals surface area contributed by atoms with Gasteiger partial charge in [0.05, 0.1) is 4.90 Å². The van der Waals surface area contributed by atoms with Crippen molar-refractivity contribution in [3.8, 4) is 0 Å². The minimum absolute atomic E-state index is 0.0333. The van der Waals surface area contributed by atoms with E-state index in [9.17, 15) is 18.0 Å². The Balaban J connectivity index is 1.40. The fourth-order valence-corrected chi connectivity index (χ4v) is 5.92. The molecule has 154 valence electrons. The van der Waals surface area contributed by atoms with Crippen LogP contribution in [0.5, 0.6) is 0 Å². The number of hydrogen-bond acceptors (Lipinski definition) is 6. The molecule has 0 radical (unpaired) electrons. The van der Waals surface area contributed by atoms with Gasteiger partial charge < -0.3 is 5.32 Å². The zero-order chi connectivity index (χ0) is 20.6. The molecule has 29 heavy (non-hydrogen) atoms. The van der Waals surface area contributed by atoms with Gasteiger partial charge in [-0.15, -0.1) is 0 Å². The van der Waals surface area contributed by atoms with Crippen LogP contribution < -0.4 is 10.9 Å². The first-order valence-electron chi connectivity index (χ1n) is 9.46. The molecule has 1 aromatic heterocycles. The number of aromatic nitrogens is 2. The number of thioether (sulfide) groups is 1. The Morgan fingerprint density at radius 1 is 1.17 bits per heavy atom. The van der Waals surface area contributed by atoms with Crippen molar-refractivity contribution in [1.29, 1.82) is 0 Å². The summed E-state index contributed by atoms with van der Waals surface area (Å²) in [5.74, 6) is 0.329. The van der Waals surface area contributed by atoms with Crippen molar-refractivity contribution in [2.75, 3.05) is 18.8 Å². The maximum Gasteiger partial charge on any atom is 0.267 e. The van der Waals surface area contributed by atoms with Gasteiger partial charge in [0.1, 0.15) is 5.56 Å². The molecule has 8 nitrogen and oxygen atoms in total. The Labute approximate surface area is 173 Å². The highest BCUT2D eigenvalue weighted by atomic mass is 32.2. The van der Waals surface area contributed by atoms with Gasteiger partial charge in [-0.05, 0) is 31.9 Å². The van der Waals surface area contributed by atoms with E-state index in [2.05, 4.69) is 10.3 Å². The van der Waals surface area contributed by atoms with E-state index in [1.165, 1.54) is 26.8 Å². The summed E-state index contributed by atoms with van der Waals surface area (Å²) < 4.78 is 28.5. The Kier molecular flexibility index (Phi) is 5.50. The fourth-order valence-electron chi connectivity index (χ4n) is 3.54. The van der Waals surface area contributed by atoms with E-state index in [4.69, 9.17) is 0 Å². The van der Waals surface area contributed by atoms with Gasteiger partial charge in [-0.3, -0.25) is 14.2 Å². The molecule has 0 aliphatic carbocycles. The second kappa shape index (κ2) is 7.92. The van der Waals surface area contributed by atoms with E-state index in [0.29, 0.717) is 37.6 Å². The third-order valence-corrected chi connectivity index (χ3v) is 8.13. The van der Waals surface area contributed by atoms with Gasteiger partial charge in [0, 0.05) is 37.6 Å². The van der Waals surface area contributed by atoms with Crippen LogP contribution in [0, 0.1) is 6.92 Å². The number of rotatable bonds is 4. The van der Waals surface area contributed by atoms with Gasteiger partial charge >= 0.3 is 0 Å². The lowest BCUT2D eigenvalue weighted by Crippen LogP contribution is -2.47. The fraction of sp³-hybridized carbons (Fsp3) is 0.421. The van der Waals surface area contributed by atoms with E-state index in [-0.39, 0.29) is 22.1 Å². The van der Waals surface area contributed by atoms with Crippen LogP contribution in [0.3, 0.4) is 0 Å². The summed E-state index contributed by atoms with van der Waals surface area (Å²) in [4.78, 5) is 29.5. The lowest BCUT2D eigenvalue weighted by atomic mass is 10.1. The minimum Gasteiger partial charge on any atom is -0.349 e. The standard InChI is InChI=1S/C19H22N4O4S2/c1-13-2-4-15(5-3-13)29(26,27)22-8-6-14(7-9-22)21-17(24)16-12-20-19-23(18(16)25)10-11-28-19/h2-5,12,14H,6-11H2,1H3,(H,21,24). The number of fused-ring (bicyclic) bond motifs is 1. The molecule has 10 heteroatoms. The van der Waals surface area contributed by atoms with Gasteiger partial charge in [0.15, 0.2) is 5.16 Å². The molecule has 0 unspecified atom stereocenters. The third-order valence-electron chi connectivity index (χ3n) is 5.25. The number of benzene rings is 1. The minimum atomic E-state index is -3.54. The van der Waals surface area contributed by atoms with Crippen molar-refractivity contribution in [3.05, 3.63) is 51.9 Å². The second-order valence-corrected chi connectivity index (χ2v) is 10.2. The molecular formula is C19H22N4O4S2. The van der Waals surface area contributed by atoms with Gasteiger partial charge in [-0.2, -0.15) is 4.31 Å². The first-order chi connectivity index (χ1) is 13.9. The molecule has 2 aliphatic rings. The zero-order valence-electron chi connectivity index (χ0n) is 16.0. The van der Waals surface area contributed by atoms with Crippen LogP contribution in [0.25, 0.3) is 0 Å². The van der Waals surface area contributed by atoms with Gasteiger partial charge in [-0.1, -0.05) is 29.5 Å². The molecule has 3 heterocycles. The molecule has 2 aromatic rings. The molecule has 0 spiro atoms. The van der Waals surface area contributed by atoms with E-state index < -0.39 is 15.9 Å². The van der Waals surface area contributed by atoms with Crippen molar-refractivity contribution in [2.45, 2.75) is 42.4 Å². The number of carbonyl (C=O) groups is 1. The van der Waals surface area contributed by atoms with Crippen molar-refractivity contribution in [1.82, 2.24) is 19.2 Å². The van der Waals surface area contributed by atoms with Crippen LogP contribution >= 0.6 is 11.8 Å². The Bertz CT molecular complexity index is 1090. The predicted molar refractivity (Wildman–Crippen MR) is 110 cm³/mol. The highest BCUT2D eigenvalue weighted by molar-refractivity contribution is 7.99. The highest BCUT2D eigenvalue weighted by Crippen LogP contribution is 2.22. The maximum atomic E-state index is 12.8. The van der Waals surface area contributed by atoms with E-state index in [1.807, 2.05) is 6.92 Å². The van der Waals surface area contributed by atoms with E-state index in [0.717, 1.165) is 11.3 Å². The normalized spacial score (nSPS) is 17.8. The zero-order valence-corrected chi connectivity index (χ0v) is 17.6. The Morgan fingerprint density at radius 2 is 1.86 bits per heavy atom. The van der Waals surface area contributed by atoms with Crippen molar-refractivity contribution < 1.29 is 13.2 Å². The molecule has 1 N–H and O–H groups in total. The number of nitrogens with zero attached hydrogens (tertiary/aromatic N) is 3. The van der Waals surface area contributed by atoms with Crippen LogP contribution in [0.1, 0.15) is 28.8 Å². The average molecular weight is 435 g/mol. The highest BCUT2D eigenvalue weighted by Gasteiger charge is 2.30. The average Bonchev–Trinajstić information content (AvgIpc) is 3.19. The molecule has 0 bridgehead atoms. The van der Waals surface area contributed by atoms with E-state index in [1.54, 1.807) is 24.3 Å². The summed E-state index contributed by atoms with van der Waals surface area (Å²) >= 11 is 1.50. The number of carbonyl (C=O) groups excluding carboxylic acids is 1. The number of sulfonamides is 1. The van der Waals surface area contributed by atoms with Crippen molar-refractivity contribution in [2.24, 2.45) is 0 Å². The largest absolute Gasteiger partial charge is 0.349 e. The number of aryl methyl sites for hydroxylation is 1. The first kappa shape index (κ1) is 20.1. The van der Waals surface area contributed by atoms with Crippen LogP contribution in [0.2, 0.25) is 0 Å². The molecule has 1 aromatic carbocycles. The van der Waals surface area contributed by atoms with Crippen LogP contribution in [-0.2, 0) is 16.6 Å². The molecule has 1 saturated heterocycles.